The number of aromatic nitrogens is 2. The molecule has 0 aliphatic carbocycles. The highest BCUT2D eigenvalue weighted by molar-refractivity contribution is 5.79. The number of oxazole rings is 1. The maximum atomic E-state index is 10.6. The predicted molar refractivity (Wildman–Crippen MR) is 95.6 cm³/mol. The Labute approximate surface area is 162 Å². The summed E-state index contributed by atoms with van der Waals surface area (Å²) >= 11 is 0. The zero-order chi connectivity index (χ0) is 21.0. The molecule has 0 radical (unpaired) electrons. The first-order valence-electron chi connectivity index (χ1n) is 8.59. The van der Waals surface area contributed by atoms with Crippen LogP contribution in [0, 0.1) is 11.3 Å². The number of carboxylic acid groups (broad SMARTS) is 1. The van der Waals surface area contributed by atoms with E-state index >= 15 is 0 Å². The summed E-state index contributed by atoms with van der Waals surface area (Å²) in [4.78, 5) is 17.8. The molecule has 1 atom stereocenters. The third-order valence-electron chi connectivity index (χ3n) is 4.16. The van der Waals surface area contributed by atoms with Gasteiger partial charge in [-0.25, -0.2) is 14.8 Å². The standard InChI is InChI=1S/C17H14N4O.C2HF3O2/c18-10-12-3-1-4-13(20-12)11-6-7-16-15(9-11)21-17(22-16)14-5-2-8-19-14;3-2(4,5)1(6)7/h1,3-4,6-7,9,14,19H,2,5,8H2;(H,6,7)/t14-;/m0./s1. The summed E-state index contributed by atoms with van der Waals surface area (Å²) in [6, 6.07) is 13.5. The van der Waals surface area contributed by atoms with Crippen LogP contribution in [-0.2, 0) is 4.79 Å². The number of alkyl halides is 3. The molecule has 7 nitrogen and oxygen atoms in total. The van der Waals surface area contributed by atoms with Gasteiger partial charge in [0.15, 0.2) is 5.58 Å². The number of nitrogens with one attached hydrogen (secondary N) is 1. The first-order chi connectivity index (χ1) is 13.8. The van der Waals surface area contributed by atoms with Crippen molar-refractivity contribution in [2.45, 2.75) is 25.1 Å². The first-order valence-corrected chi connectivity index (χ1v) is 8.59. The van der Waals surface area contributed by atoms with Gasteiger partial charge in [0.25, 0.3) is 0 Å². The molecule has 10 heteroatoms. The second-order valence-corrected chi connectivity index (χ2v) is 6.21. The van der Waals surface area contributed by atoms with E-state index in [2.05, 4.69) is 21.4 Å². The highest BCUT2D eigenvalue weighted by atomic mass is 19.4. The molecule has 150 valence electrons. The van der Waals surface area contributed by atoms with Crippen LogP contribution in [0.5, 0.6) is 0 Å². The average Bonchev–Trinajstić information content (AvgIpc) is 3.36. The fraction of sp³-hybridized carbons (Fsp3) is 0.263. The molecule has 3 heterocycles. The van der Waals surface area contributed by atoms with Crippen molar-refractivity contribution >= 4 is 17.1 Å². The molecule has 29 heavy (non-hydrogen) atoms. The van der Waals surface area contributed by atoms with Crippen LogP contribution in [0.2, 0.25) is 0 Å². The van der Waals surface area contributed by atoms with Gasteiger partial charge in [0, 0.05) is 5.56 Å². The van der Waals surface area contributed by atoms with Crippen LogP contribution in [0.4, 0.5) is 13.2 Å². The highest BCUT2D eigenvalue weighted by Gasteiger charge is 2.38. The van der Waals surface area contributed by atoms with Crippen LogP contribution in [0.1, 0.15) is 30.5 Å². The summed E-state index contributed by atoms with van der Waals surface area (Å²) in [6.45, 7) is 1.01. The molecular weight excluding hydrogens is 389 g/mol. The van der Waals surface area contributed by atoms with Gasteiger partial charge in [-0.3, -0.25) is 0 Å². The van der Waals surface area contributed by atoms with E-state index in [0.717, 1.165) is 47.6 Å². The molecule has 0 saturated carbocycles. The van der Waals surface area contributed by atoms with Crippen LogP contribution < -0.4 is 5.32 Å². The molecule has 2 aromatic heterocycles. The summed E-state index contributed by atoms with van der Waals surface area (Å²) in [6.07, 6.45) is -2.87. The third-order valence-corrected chi connectivity index (χ3v) is 4.16. The summed E-state index contributed by atoms with van der Waals surface area (Å²) in [7, 11) is 0. The molecule has 1 aromatic carbocycles. The van der Waals surface area contributed by atoms with Crippen LogP contribution in [0.15, 0.2) is 40.8 Å². The number of nitrogens with zero attached hydrogens (tertiary/aromatic N) is 3. The van der Waals surface area contributed by atoms with E-state index in [9.17, 15) is 13.2 Å². The quantitative estimate of drug-likeness (QED) is 0.668. The maximum absolute atomic E-state index is 10.6. The average molecular weight is 404 g/mol. The lowest BCUT2D eigenvalue weighted by atomic mass is 10.1. The Bertz CT molecular complexity index is 1070. The maximum Gasteiger partial charge on any atom is 0.490 e. The van der Waals surface area contributed by atoms with Crippen molar-refractivity contribution < 1.29 is 27.5 Å². The number of aliphatic carboxylic acids is 1. The number of fused-ring (bicyclic) bond motifs is 1. The van der Waals surface area contributed by atoms with Crippen LogP contribution >= 0.6 is 0 Å². The number of carbonyl (C=O) groups is 1. The van der Waals surface area contributed by atoms with Gasteiger partial charge < -0.3 is 14.8 Å². The molecule has 0 spiro atoms. The summed E-state index contributed by atoms with van der Waals surface area (Å²) < 4.78 is 37.6. The van der Waals surface area contributed by atoms with Crippen molar-refractivity contribution in [3.8, 4) is 17.3 Å². The van der Waals surface area contributed by atoms with Crippen LogP contribution in [0.25, 0.3) is 22.4 Å². The molecule has 1 aliphatic rings. The second-order valence-electron chi connectivity index (χ2n) is 6.21. The zero-order valence-electron chi connectivity index (χ0n) is 14.9. The molecule has 1 fully saturated rings. The Balaban J connectivity index is 0.000000298. The number of carboxylic acids is 1. The molecule has 0 amide bonds. The SMILES string of the molecule is N#Cc1cccc(-c2ccc3oc([C@@H]4CCCN4)nc3c2)n1.O=C(O)C(F)(F)F. The zero-order valence-corrected chi connectivity index (χ0v) is 14.9. The van der Waals surface area contributed by atoms with Gasteiger partial charge in [0.2, 0.25) is 5.89 Å². The molecular formula is C19H15F3N4O3. The van der Waals surface area contributed by atoms with Crippen molar-refractivity contribution in [1.29, 1.82) is 5.26 Å². The van der Waals surface area contributed by atoms with Gasteiger partial charge in [-0.2, -0.15) is 18.4 Å². The summed E-state index contributed by atoms with van der Waals surface area (Å²) in [5.74, 6) is -2.00. The van der Waals surface area contributed by atoms with Crippen LogP contribution in [-0.4, -0.2) is 33.8 Å². The molecule has 1 aliphatic heterocycles. The minimum absolute atomic E-state index is 0.218. The Morgan fingerprint density at radius 3 is 2.66 bits per heavy atom. The lowest BCUT2D eigenvalue weighted by molar-refractivity contribution is -0.192. The third kappa shape index (κ3) is 4.89. The van der Waals surface area contributed by atoms with Crippen molar-refractivity contribution in [2.24, 2.45) is 0 Å². The number of pyridine rings is 1. The van der Waals surface area contributed by atoms with Crippen molar-refractivity contribution in [2.75, 3.05) is 6.54 Å². The van der Waals surface area contributed by atoms with Gasteiger partial charge in [-0.1, -0.05) is 6.07 Å². The van der Waals surface area contributed by atoms with Gasteiger partial charge in [-0.15, -0.1) is 0 Å². The minimum atomic E-state index is -5.08. The van der Waals surface area contributed by atoms with E-state index in [1.807, 2.05) is 30.3 Å². The van der Waals surface area contributed by atoms with E-state index in [-0.39, 0.29) is 6.04 Å². The normalized spacial score (nSPS) is 16.1. The van der Waals surface area contributed by atoms with Crippen molar-refractivity contribution in [3.05, 3.63) is 48.0 Å². The van der Waals surface area contributed by atoms with Gasteiger partial charge >= 0.3 is 12.1 Å². The number of nitriles is 1. The Morgan fingerprint density at radius 2 is 2.03 bits per heavy atom. The number of rotatable bonds is 2. The number of hydrogen-bond donors (Lipinski definition) is 2. The molecule has 2 N–H and O–H groups in total. The largest absolute Gasteiger partial charge is 0.490 e. The lowest BCUT2D eigenvalue weighted by Gasteiger charge is -2.02. The van der Waals surface area contributed by atoms with E-state index in [1.165, 1.54) is 0 Å². The smallest absolute Gasteiger partial charge is 0.475 e. The van der Waals surface area contributed by atoms with E-state index in [4.69, 9.17) is 19.6 Å². The van der Waals surface area contributed by atoms with Crippen molar-refractivity contribution in [1.82, 2.24) is 15.3 Å². The molecule has 3 aromatic rings. The Morgan fingerprint density at radius 1 is 1.28 bits per heavy atom. The topological polar surface area (TPSA) is 112 Å². The second kappa shape index (κ2) is 8.28. The lowest BCUT2D eigenvalue weighted by Crippen LogP contribution is -2.21. The number of hydrogen-bond acceptors (Lipinski definition) is 6. The molecule has 0 unspecified atom stereocenters. The van der Waals surface area contributed by atoms with E-state index in [1.54, 1.807) is 6.07 Å². The molecule has 4 rings (SSSR count). The Kier molecular flexibility index (Phi) is 5.79. The van der Waals surface area contributed by atoms with E-state index in [0.29, 0.717) is 5.69 Å². The number of benzene rings is 1. The molecule has 0 bridgehead atoms. The predicted octanol–water partition coefficient (Wildman–Crippen LogP) is 3.82. The van der Waals surface area contributed by atoms with Gasteiger partial charge in [0.1, 0.15) is 17.3 Å². The number of halogens is 3. The van der Waals surface area contributed by atoms with Gasteiger partial charge in [0.05, 0.1) is 11.7 Å². The fourth-order valence-electron chi connectivity index (χ4n) is 2.81. The minimum Gasteiger partial charge on any atom is -0.475 e. The summed E-state index contributed by atoms with van der Waals surface area (Å²) in [5.41, 5.74) is 3.72. The first kappa shape index (κ1) is 20.3. The highest BCUT2D eigenvalue weighted by Crippen LogP contribution is 2.28. The van der Waals surface area contributed by atoms with Crippen molar-refractivity contribution in [3.63, 3.8) is 0 Å². The van der Waals surface area contributed by atoms with E-state index < -0.39 is 12.1 Å². The van der Waals surface area contributed by atoms with Gasteiger partial charge in [-0.05, 0) is 49.7 Å². The molecule has 1 saturated heterocycles. The Hall–Kier alpha value is -3.45. The monoisotopic (exact) mass is 404 g/mol. The fourth-order valence-corrected chi connectivity index (χ4v) is 2.81. The van der Waals surface area contributed by atoms with Crippen LogP contribution in [0.3, 0.4) is 0 Å². The summed E-state index contributed by atoms with van der Waals surface area (Å²) in [5, 5.41) is 19.5.